The standard InChI is InChI=1S/C15H12N2O2/c1-19-14-8-3-11(4-9-14)2-6-13-7-5-12(10-16)15(18)17-13/h2-9H,1H3,(H,17,18)/b6-2+. The maximum Gasteiger partial charge on any atom is 0.266 e. The lowest BCUT2D eigenvalue weighted by Crippen LogP contribution is -2.10. The summed E-state index contributed by atoms with van der Waals surface area (Å²) in [4.78, 5) is 14.1. The quantitative estimate of drug-likeness (QED) is 0.912. The van der Waals surface area contributed by atoms with Crippen molar-refractivity contribution in [2.45, 2.75) is 0 Å². The number of H-pyrrole nitrogens is 1. The highest BCUT2D eigenvalue weighted by molar-refractivity contribution is 5.68. The highest BCUT2D eigenvalue weighted by Crippen LogP contribution is 2.13. The summed E-state index contributed by atoms with van der Waals surface area (Å²) >= 11 is 0. The average molecular weight is 252 g/mol. The second-order valence-corrected chi connectivity index (χ2v) is 3.87. The van der Waals surface area contributed by atoms with Crippen LogP contribution in [0.25, 0.3) is 12.2 Å². The molecule has 19 heavy (non-hydrogen) atoms. The first-order valence-electron chi connectivity index (χ1n) is 5.68. The molecule has 2 aromatic rings. The van der Waals surface area contributed by atoms with Gasteiger partial charge in [-0.3, -0.25) is 4.79 Å². The maximum absolute atomic E-state index is 11.4. The molecule has 0 saturated heterocycles. The monoisotopic (exact) mass is 252 g/mol. The van der Waals surface area contributed by atoms with E-state index in [0.717, 1.165) is 11.3 Å². The first kappa shape index (κ1) is 12.7. The number of nitrogens with one attached hydrogen (secondary N) is 1. The Morgan fingerprint density at radius 1 is 1.16 bits per heavy atom. The molecular formula is C15H12N2O2. The van der Waals surface area contributed by atoms with Crippen LogP contribution in [-0.4, -0.2) is 12.1 Å². The van der Waals surface area contributed by atoms with Gasteiger partial charge >= 0.3 is 0 Å². The number of aromatic nitrogens is 1. The van der Waals surface area contributed by atoms with Gasteiger partial charge in [0.25, 0.3) is 5.56 Å². The highest BCUT2D eigenvalue weighted by Gasteiger charge is 1.97. The molecule has 0 bridgehead atoms. The van der Waals surface area contributed by atoms with Gasteiger partial charge in [0.1, 0.15) is 17.4 Å². The second kappa shape index (κ2) is 5.69. The molecule has 2 rings (SSSR count). The minimum Gasteiger partial charge on any atom is -0.497 e. The summed E-state index contributed by atoms with van der Waals surface area (Å²) in [5, 5.41) is 8.67. The third-order valence-corrected chi connectivity index (χ3v) is 2.62. The van der Waals surface area contributed by atoms with Crippen LogP contribution in [0.5, 0.6) is 5.75 Å². The van der Waals surface area contributed by atoms with E-state index in [-0.39, 0.29) is 11.1 Å². The fraction of sp³-hybridized carbons (Fsp3) is 0.0667. The van der Waals surface area contributed by atoms with Gasteiger partial charge < -0.3 is 9.72 Å². The normalized spacial score (nSPS) is 10.3. The summed E-state index contributed by atoms with van der Waals surface area (Å²) in [5.74, 6) is 0.795. The van der Waals surface area contributed by atoms with Crippen molar-refractivity contribution < 1.29 is 4.74 Å². The van der Waals surface area contributed by atoms with Crippen LogP contribution in [-0.2, 0) is 0 Å². The molecule has 1 heterocycles. The number of ether oxygens (including phenoxy) is 1. The van der Waals surface area contributed by atoms with Crippen molar-refractivity contribution in [2.75, 3.05) is 7.11 Å². The van der Waals surface area contributed by atoms with E-state index in [0.29, 0.717) is 5.69 Å². The molecule has 0 atom stereocenters. The zero-order valence-electron chi connectivity index (χ0n) is 10.4. The van der Waals surface area contributed by atoms with Crippen LogP contribution in [0, 0.1) is 11.3 Å². The van der Waals surface area contributed by atoms with Gasteiger partial charge in [0, 0.05) is 5.69 Å². The minimum atomic E-state index is -0.376. The summed E-state index contributed by atoms with van der Waals surface area (Å²) < 4.78 is 5.07. The lowest BCUT2D eigenvalue weighted by atomic mass is 10.2. The van der Waals surface area contributed by atoms with E-state index in [4.69, 9.17) is 10.00 Å². The number of benzene rings is 1. The predicted octanol–water partition coefficient (Wildman–Crippen LogP) is 2.43. The number of nitriles is 1. The molecule has 0 unspecified atom stereocenters. The smallest absolute Gasteiger partial charge is 0.266 e. The first-order chi connectivity index (χ1) is 9.22. The fourth-order valence-corrected chi connectivity index (χ4v) is 1.58. The van der Waals surface area contributed by atoms with Gasteiger partial charge in [-0.2, -0.15) is 5.26 Å². The molecule has 1 aromatic heterocycles. The first-order valence-corrected chi connectivity index (χ1v) is 5.68. The van der Waals surface area contributed by atoms with Crippen molar-refractivity contribution in [1.82, 2.24) is 4.98 Å². The maximum atomic E-state index is 11.4. The Balaban J connectivity index is 2.20. The molecule has 0 amide bonds. The lowest BCUT2D eigenvalue weighted by molar-refractivity contribution is 0.415. The van der Waals surface area contributed by atoms with E-state index >= 15 is 0 Å². The van der Waals surface area contributed by atoms with E-state index in [2.05, 4.69) is 4.98 Å². The SMILES string of the molecule is COc1ccc(/C=C/c2ccc(C#N)c(=O)[nH]2)cc1. The number of methoxy groups -OCH3 is 1. The number of pyridine rings is 1. The summed E-state index contributed by atoms with van der Waals surface area (Å²) in [6, 6.07) is 12.6. The van der Waals surface area contributed by atoms with Crippen molar-refractivity contribution >= 4 is 12.2 Å². The van der Waals surface area contributed by atoms with Crippen LogP contribution in [0.2, 0.25) is 0 Å². The van der Waals surface area contributed by atoms with Gasteiger partial charge in [0.15, 0.2) is 0 Å². The fourth-order valence-electron chi connectivity index (χ4n) is 1.58. The summed E-state index contributed by atoms with van der Waals surface area (Å²) in [7, 11) is 1.62. The van der Waals surface area contributed by atoms with Gasteiger partial charge in [-0.25, -0.2) is 0 Å². The Kier molecular flexibility index (Phi) is 3.79. The van der Waals surface area contributed by atoms with Gasteiger partial charge in [0.2, 0.25) is 0 Å². The number of nitrogens with zero attached hydrogens (tertiary/aromatic N) is 1. The molecule has 0 aliphatic carbocycles. The number of hydrogen-bond acceptors (Lipinski definition) is 3. The molecule has 1 aromatic carbocycles. The van der Waals surface area contributed by atoms with Gasteiger partial charge in [0.05, 0.1) is 7.11 Å². The average Bonchev–Trinajstić information content (AvgIpc) is 2.46. The zero-order valence-corrected chi connectivity index (χ0v) is 10.4. The third kappa shape index (κ3) is 3.11. The van der Waals surface area contributed by atoms with E-state index < -0.39 is 0 Å². The van der Waals surface area contributed by atoms with Gasteiger partial charge in [-0.05, 0) is 35.9 Å². The molecule has 0 aliphatic heterocycles. The minimum absolute atomic E-state index is 0.113. The lowest BCUT2D eigenvalue weighted by Gasteiger charge is -1.99. The van der Waals surface area contributed by atoms with E-state index in [1.54, 1.807) is 19.3 Å². The molecule has 4 nitrogen and oxygen atoms in total. The second-order valence-electron chi connectivity index (χ2n) is 3.87. The summed E-state index contributed by atoms with van der Waals surface area (Å²) in [6.07, 6.45) is 3.65. The van der Waals surface area contributed by atoms with E-state index in [9.17, 15) is 4.79 Å². The summed E-state index contributed by atoms with van der Waals surface area (Å²) in [6.45, 7) is 0. The molecule has 94 valence electrons. The van der Waals surface area contributed by atoms with Crippen LogP contribution < -0.4 is 10.3 Å². The van der Waals surface area contributed by atoms with Crippen LogP contribution >= 0.6 is 0 Å². The van der Waals surface area contributed by atoms with Crippen molar-refractivity contribution in [2.24, 2.45) is 0 Å². The molecule has 0 saturated carbocycles. The topological polar surface area (TPSA) is 65.9 Å². The van der Waals surface area contributed by atoms with Crippen LogP contribution in [0.1, 0.15) is 16.8 Å². The van der Waals surface area contributed by atoms with Gasteiger partial charge in [-0.1, -0.05) is 18.2 Å². The molecule has 4 heteroatoms. The van der Waals surface area contributed by atoms with Crippen molar-refractivity contribution in [3.63, 3.8) is 0 Å². The van der Waals surface area contributed by atoms with Crippen LogP contribution in [0.15, 0.2) is 41.2 Å². The molecular weight excluding hydrogens is 240 g/mol. The van der Waals surface area contributed by atoms with Crippen molar-refractivity contribution in [1.29, 1.82) is 5.26 Å². The van der Waals surface area contributed by atoms with Crippen molar-refractivity contribution in [3.05, 3.63) is 63.6 Å². The molecule has 0 fully saturated rings. The molecule has 0 spiro atoms. The number of rotatable bonds is 3. The predicted molar refractivity (Wildman–Crippen MR) is 73.7 cm³/mol. The number of hydrogen-bond donors (Lipinski definition) is 1. The van der Waals surface area contributed by atoms with Crippen LogP contribution in [0.4, 0.5) is 0 Å². The third-order valence-electron chi connectivity index (χ3n) is 2.62. The Bertz CT molecular complexity index is 691. The van der Waals surface area contributed by atoms with Gasteiger partial charge in [-0.15, -0.1) is 0 Å². The molecule has 0 radical (unpaired) electrons. The number of aromatic amines is 1. The van der Waals surface area contributed by atoms with E-state index in [1.165, 1.54) is 6.07 Å². The molecule has 0 aliphatic rings. The Labute approximate surface area is 110 Å². The van der Waals surface area contributed by atoms with Crippen molar-refractivity contribution in [3.8, 4) is 11.8 Å². The summed E-state index contributed by atoms with van der Waals surface area (Å²) in [5.41, 5.74) is 1.38. The van der Waals surface area contributed by atoms with Crippen LogP contribution in [0.3, 0.4) is 0 Å². The largest absolute Gasteiger partial charge is 0.497 e. The Morgan fingerprint density at radius 2 is 1.89 bits per heavy atom. The zero-order chi connectivity index (χ0) is 13.7. The Hall–Kier alpha value is -2.80. The highest BCUT2D eigenvalue weighted by atomic mass is 16.5. The molecule has 1 N–H and O–H groups in total. The Morgan fingerprint density at radius 3 is 2.47 bits per heavy atom. The van der Waals surface area contributed by atoms with E-state index in [1.807, 2.05) is 36.4 Å².